The maximum Gasteiger partial charge on any atom is 0.287 e. The third-order valence-electron chi connectivity index (χ3n) is 3.32. The van der Waals surface area contributed by atoms with E-state index in [0.29, 0.717) is 18.8 Å². The van der Waals surface area contributed by atoms with E-state index >= 15 is 0 Å². The molecule has 0 aromatic carbocycles. The van der Waals surface area contributed by atoms with E-state index in [4.69, 9.17) is 4.42 Å². The van der Waals surface area contributed by atoms with Crippen LogP contribution in [0.4, 0.5) is 0 Å². The number of furan rings is 1. The summed E-state index contributed by atoms with van der Waals surface area (Å²) in [4.78, 5) is 17.7. The molecule has 0 aliphatic heterocycles. The molecule has 2 rings (SSSR count). The maximum atomic E-state index is 11.9. The fraction of sp³-hybridized carbons (Fsp3) is 0.412. The van der Waals surface area contributed by atoms with Crippen LogP contribution >= 0.6 is 35.3 Å². The zero-order chi connectivity index (χ0) is 17.2. The van der Waals surface area contributed by atoms with Gasteiger partial charge in [0.1, 0.15) is 0 Å². The first-order chi connectivity index (χ1) is 11.7. The predicted octanol–water partition coefficient (Wildman–Crippen LogP) is 3.14. The molecule has 6 nitrogen and oxygen atoms in total. The van der Waals surface area contributed by atoms with Gasteiger partial charge in [-0.2, -0.15) is 0 Å². The van der Waals surface area contributed by atoms with E-state index in [1.54, 1.807) is 17.4 Å². The van der Waals surface area contributed by atoms with Crippen LogP contribution in [0, 0.1) is 6.92 Å². The van der Waals surface area contributed by atoms with Gasteiger partial charge in [-0.3, -0.25) is 4.79 Å². The second kappa shape index (κ2) is 11.9. The van der Waals surface area contributed by atoms with Crippen molar-refractivity contribution in [3.05, 3.63) is 46.0 Å². The number of thiophene rings is 1. The molecule has 0 atom stereocenters. The van der Waals surface area contributed by atoms with Gasteiger partial charge in [-0.05, 0) is 37.8 Å². The fourth-order valence-electron chi connectivity index (χ4n) is 2.08. The Hall–Kier alpha value is -1.55. The first-order valence-corrected chi connectivity index (χ1v) is 8.95. The Bertz CT molecular complexity index is 655. The number of carbonyl (C=O) groups excluding carboxylic acids is 1. The van der Waals surface area contributed by atoms with Crippen molar-refractivity contribution in [1.29, 1.82) is 0 Å². The van der Waals surface area contributed by atoms with E-state index in [2.05, 4.69) is 32.4 Å². The van der Waals surface area contributed by atoms with Gasteiger partial charge in [0.15, 0.2) is 11.7 Å². The molecule has 8 heteroatoms. The van der Waals surface area contributed by atoms with E-state index in [0.717, 1.165) is 31.0 Å². The minimum atomic E-state index is -0.171. The van der Waals surface area contributed by atoms with Crippen molar-refractivity contribution in [2.45, 2.75) is 26.8 Å². The lowest BCUT2D eigenvalue weighted by molar-refractivity contribution is 0.0925. The fourth-order valence-corrected chi connectivity index (χ4v) is 2.71. The topological polar surface area (TPSA) is 78.7 Å². The minimum absolute atomic E-state index is 0. The Morgan fingerprint density at radius 2 is 2.04 bits per heavy atom. The van der Waals surface area contributed by atoms with Gasteiger partial charge in [0.25, 0.3) is 5.91 Å². The number of nitrogens with one attached hydrogen (secondary N) is 3. The van der Waals surface area contributed by atoms with Crippen LogP contribution in [0.2, 0.25) is 0 Å². The van der Waals surface area contributed by atoms with Gasteiger partial charge in [-0.25, -0.2) is 4.99 Å². The average molecular weight is 476 g/mol. The molecule has 0 bridgehead atoms. The lowest BCUT2D eigenvalue weighted by atomic mass is 10.2. The molecule has 2 aromatic heterocycles. The van der Waals surface area contributed by atoms with Gasteiger partial charge in [-0.1, -0.05) is 6.07 Å². The third kappa shape index (κ3) is 7.47. The standard InChI is InChI=1S/C17H24N4O2S.HI/c1-3-18-17(21-12-14-6-4-11-24-14)20-9-5-8-19-16(22)15-13(2)7-10-23-15;/h4,6-7,10-11H,3,5,8-9,12H2,1-2H3,(H,19,22)(H2,18,20,21);1H. The lowest BCUT2D eigenvalue weighted by Crippen LogP contribution is -2.38. The zero-order valence-corrected chi connectivity index (χ0v) is 17.6. The summed E-state index contributed by atoms with van der Waals surface area (Å²) in [5, 5.41) is 11.4. The highest BCUT2D eigenvalue weighted by Crippen LogP contribution is 2.09. The number of guanidine groups is 1. The van der Waals surface area contributed by atoms with Crippen LogP contribution in [0.15, 0.2) is 39.3 Å². The first-order valence-electron chi connectivity index (χ1n) is 8.07. The van der Waals surface area contributed by atoms with Gasteiger partial charge in [0.05, 0.1) is 12.8 Å². The van der Waals surface area contributed by atoms with Crippen LogP contribution in [-0.2, 0) is 6.54 Å². The molecule has 0 saturated heterocycles. The number of hydrogen-bond acceptors (Lipinski definition) is 4. The molecule has 0 radical (unpaired) electrons. The van der Waals surface area contributed by atoms with Crippen molar-refractivity contribution in [2.75, 3.05) is 19.6 Å². The molecule has 1 amide bonds. The summed E-state index contributed by atoms with van der Waals surface area (Å²) in [6.07, 6.45) is 2.33. The van der Waals surface area contributed by atoms with Crippen LogP contribution in [0.5, 0.6) is 0 Å². The van der Waals surface area contributed by atoms with Gasteiger partial charge in [-0.15, -0.1) is 35.3 Å². The molecule has 0 saturated carbocycles. The highest BCUT2D eigenvalue weighted by molar-refractivity contribution is 14.0. The van der Waals surface area contributed by atoms with Crippen LogP contribution < -0.4 is 16.0 Å². The van der Waals surface area contributed by atoms with Crippen LogP contribution in [-0.4, -0.2) is 31.5 Å². The van der Waals surface area contributed by atoms with E-state index in [9.17, 15) is 4.79 Å². The van der Waals surface area contributed by atoms with E-state index < -0.39 is 0 Å². The van der Waals surface area contributed by atoms with E-state index in [-0.39, 0.29) is 29.9 Å². The summed E-state index contributed by atoms with van der Waals surface area (Å²) in [5.74, 6) is 1.00. The van der Waals surface area contributed by atoms with Gasteiger partial charge in [0, 0.05) is 30.1 Å². The number of rotatable bonds is 8. The number of nitrogens with zero attached hydrogens (tertiary/aromatic N) is 1. The third-order valence-corrected chi connectivity index (χ3v) is 4.18. The van der Waals surface area contributed by atoms with Crippen molar-refractivity contribution in [3.8, 4) is 0 Å². The monoisotopic (exact) mass is 476 g/mol. The number of hydrogen-bond donors (Lipinski definition) is 3. The van der Waals surface area contributed by atoms with Crippen molar-refractivity contribution in [3.63, 3.8) is 0 Å². The summed E-state index contributed by atoms with van der Waals surface area (Å²) >= 11 is 1.70. The van der Waals surface area contributed by atoms with Gasteiger partial charge in [0.2, 0.25) is 0 Å². The van der Waals surface area contributed by atoms with Crippen LogP contribution in [0.25, 0.3) is 0 Å². The van der Waals surface area contributed by atoms with E-state index in [1.165, 1.54) is 11.1 Å². The Morgan fingerprint density at radius 3 is 2.68 bits per heavy atom. The molecule has 138 valence electrons. The molecule has 0 spiro atoms. The molecular formula is C17H25IN4O2S. The Kier molecular flexibility index (Phi) is 10.2. The normalized spacial score (nSPS) is 10.9. The van der Waals surface area contributed by atoms with Crippen molar-refractivity contribution < 1.29 is 9.21 Å². The van der Waals surface area contributed by atoms with Crippen molar-refractivity contribution in [1.82, 2.24) is 16.0 Å². The molecule has 0 aliphatic carbocycles. The molecule has 2 aromatic rings. The van der Waals surface area contributed by atoms with Gasteiger partial charge >= 0.3 is 0 Å². The molecular weight excluding hydrogens is 451 g/mol. The number of carbonyl (C=O) groups is 1. The summed E-state index contributed by atoms with van der Waals surface area (Å²) < 4.78 is 5.16. The van der Waals surface area contributed by atoms with Crippen molar-refractivity contribution >= 4 is 47.2 Å². The first kappa shape index (κ1) is 21.5. The highest BCUT2D eigenvalue weighted by atomic mass is 127. The summed E-state index contributed by atoms with van der Waals surface area (Å²) in [6, 6.07) is 5.88. The summed E-state index contributed by atoms with van der Waals surface area (Å²) in [7, 11) is 0. The van der Waals surface area contributed by atoms with Gasteiger partial charge < -0.3 is 20.4 Å². The van der Waals surface area contributed by atoms with Crippen molar-refractivity contribution in [2.24, 2.45) is 4.99 Å². The summed E-state index contributed by atoms with van der Waals surface area (Å²) in [5.41, 5.74) is 0.848. The number of aliphatic imine (C=N–C) groups is 1. The second-order valence-electron chi connectivity index (χ2n) is 5.24. The minimum Gasteiger partial charge on any atom is -0.459 e. The largest absolute Gasteiger partial charge is 0.459 e. The lowest BCUT2D eigenvalue weighted by Gasteiger charge is -2.11. The van der Waals surface area contributed by atoms with E-state index in [1.807, 2.05) is 19.9 Å². The average Bonchev–Trinajstić information content (AvgIpc) is 3.23. The number of amides is 1. The second-order valence-corrected chi connectivity index (χ2v) is 6.28. The quantitative estimate of drug-likeness (QED) is 0.237. The number of aryl methyl sites for hydroxylation is 1. The van der Waals surface area contributed by atoms with Crippen LogP contribution in [0.1, 0.15) is 34.3 Å². The number of halogens is 1. The Morgan fingerprint density at radius 1 is 1.24 bits per heavy atom. The molecule has 0 fully saturated rings. The maximum absolute atomic E-state index is 11.9. The molecule has 0 unspecified atom stereocenters. The predicted molar refractivity (Wildman–Crippen MR) is 113 cm³/mol. The SMILES string of the molecule is CCNC(=NCc1cccs1)NCCCNC(=O)c1occc1C.I. The Balaban J connectivity index is 0.00000312. The molecule has 25 heavy (non-hydrogen) atoms. The molecule has 2 heterocycles. The summed E-state index contributed by atoms with van der Waals surface area (Å²) in [6.45, 7) is 6.68. The zero-order valence-electron chi connectivity index (χ0n) is 14.5. The molecule has 3 N–H and O–H groups in total. The van der Waals surface area contributed by atoms with Crippen LogP contribution in [0.3, 0.4) is 0 Å². The smallest absolute Gasteiger partial charge is 0.287 e. The highest BCUT2D eigenvalue weighted by Gasteiger charge is 2.11. The Labute approximate surface area is 169 Å². The molecule has 0 aliphatic rings.